The first kappa shape index (κ1) is 15.4. The van der Waals surface area contributed by atoms with Gasteiger partial charge >= 0.3 is 0 Å². The number of nitrogens with one attached hydrogen (secondary N) is 1. The molecule has 0 spiro atoms. The molecule has 0 aliphatic carbocycles. The van der Waals surface area contributed by atoms with E-state index in [4.69, 9.17) is 0 Å². The second kappa shape index (κ2) is 6.39. The molecule has 3 aromatic rings. The molecule has 1 aliphatic heterocycles. The van der Waals surface area contributed by atoms with Crippen LogP contribution in [0, 0.1) is 5.92 Å². The normalized spacial score (nSPS) is 18.4. The van der Waals surface area contributed by atoms with Crippen LogP contribution in [0.3, 0.4) is 0 Å². The molecule has 124 valence electrons. The number of fused-ring (bicyclic) bond motifs is 3. The topological polar surface area (TPSA) is 74.8 Å². The Kier molecular flexibility index (Phi) is 4.10. The van der Waals surface area contributed by atoms with Crippen molar-refractivity contribution < 1.29 is 4.79 Å². The van der Waals surface area contributed by atoms with Crippen molar-refractivity contribution in [3.05, 3.63) is 24.3 Å². The molecule has 24 heavy (non-hydrogen) atoms. The summed E-state index contributed by atoms with van der Waals surface area (Å²) in [4.78, 5) is 22.1. The number of piperidine rings is 1. The summed E-state index contributed by atoms with van der Waals surface area (Å²) in [5, 5.41) is 10.0. The van der Waals surface area contributed by atoms with E-state index in [-0.39, 0.29) is 5.91 Å². The Morgan fingerprint density at radius 3 is 3.12 bits per heavy atom. The first-order valence-corrected chi connectivity index (χ1v) is 9.21. The standard InChI is InChI=1S/C17H19N5OS/c1-11-5-4-8-22(9-11)14(23)10-24-17-19-16-15(20-21-17)12-6-2-3-7-13(12)18-16/h2-3,6-7,11H,4-5,8-10H2,1H3,(H,18,19,21). The molecule has 7 heteroatoms. The molecule has 0 bridgehead atoms. The Bertz CT molecular complexity index is 893. The highest BCUT2D eigenvalue weighted by Crippen LogP contribution is 2.23. The summed E-state index contributed by atoms with van der Waals surface area (Å²) in [7, 11) is 0. The van der Waals surface area contributed by atoms with Crippen molar-refractivity contribution >= 4 is 39.7 Å². The maximum Gasteiger partial charge on any atom is 0.233 e. The van der Waals surface area contributed by atoms with Crippen LogP contribution in [0.25, 0.3) is 22.1 Å². The van der Waals surface area contributed by atoms with Gasteiger partial charge in [0.05, 0.1) is 5.75 Å². The first-order valence-electron chi connectivity index (χ1n) is 8.22. The molecule has 2 aromatic heterocycles. The number of hydrogen-bond acceptors (Lipinski definition) is 5. The minimum Gasteiger partial charge on any atom is -0.342 e. The van der Waals surface area contributed by atoms with E-state index in [1.165, 1.54) is 18.2 Å². The summed E-state index contributed by atoms with van der Waals surface area (Å²) >= 11 is 1.35. The third-order valence-electron chi connectivity index (χ3n) is 4.44. The van der Waals surface area contributed by atoms with Gasteiger partial charge in [-0.2, -0.15) is 0 Å². The smallest absolute Gasteiger partial charge is 0.233 e. The van der Waals surface area contributed by atoms with Gasteiger partial charge in [0.2, 0.25) is 11.1 Å². The lowest BCUT2D eigenvalue weighted by Gasteiger charge is -2.30. The highest BCUT2D eigenvalue weighted by molar-refractivity contribution is 7.99. The number of para-hydroxylation sites is 1. The highest BCUT2D eigenvalue weighted by atomic mass is 32.2. The van der Waals surface area contributed by atoms with Gasteiger partial charge in [-0.1, -0.05) is 36.9 Å². The van der Waals surface area contributed by atoms with Crippen molar-refractivity contribution in [1.82, 2.24) is 25.1 Å². The summed E-state index contributed by atoms with van der Waals surface area (Å²) in [6, 6.07) is 7.93. The number of hydrogen-bond donors (Lipinski definition) is 1. The summed E-state index contributed by atoms with van der Waals surface area (Å²) in [5.74, 6) is 1.11. The quantitative estimate of drug-likeness (QED) is 0.742. The third kappa shape index (κ3) is 2.96. The zero-order valence-corrected chi connectivity index (χ0v) is 14.3. The van der Waals surface area contributed by atoms with Gasteiger partial charge in [0.25, 0.3) is 0 Å². The van der Waals surface area contributed by atoms with Crippen LogP contribution in [0.5, 0.6) is 0 Å². The average molecular weight is 341 g/mol. The van der Waals surface area contributed by atoms with Crippen LogP contribution in [0.2, 0.25) is 0 Å². The van der Waals surface area contributed by atoms with Crippen LogP contribution in [-0.2, 0) is 4.79 Å². The second-order valence-corrected chi connectivity index (χ2v) is 7.28. The molecule has 1 aliphatic rings. The lowest BCUT2D eigenvalue weighted by Crippen LogP contribution is -2.40. The number of H-pyrrole nitrogens is 1. The van der Waals surface area contributed by atoms with E-state index in [0.717, 1.165) is 35.9 Å². The molecule has 1 saturated heterocycles. The number of likely N-dealkylation sites (tertiary alicyclic amines) is 1. The first-order chi connectivity index (χ1) is 11.7. The number of benzene rings is 1. The summed E-state index contributed by atoms with van der Waals surface area (Å²) in [6.07, 6.45) is 2.30. The number of nitrogens with zero attached hydrogens (tertiary/aromatic N) is 4. The van der Waals surface area contributed by atoms with Gasteiger partial charge in [0.1, 0.15) is 5.52 Å². The van der Waals surface area contributed by atoms with E-state index < -0.39 is 0 Å². The Hall–Kier alpha value is -2.15. The van der Waals surface area contributed by atoms with E-state index in [9.17, 15) is 4.79 Å². The number of aromatic amines is 1. The van der Waals surface area contributed by atoms with Gasteiger partial charge in [0.15, 0.2) is 5.65 Å². The van der Waals surface area contributed by atoms with Crippen molar-refractivity contribution in [1.29, 1.82) is 0 Å². The lowest BCUT2D eigenvalue weighted by atomic mass is 10.0. The predicted octanol–water partition coefficient (Wildman–Crippen LogP) is 2.86. The molecule has 6 nitrogen and oxygen atoms in total. The number of amides is 1. The van der Waals surface area contributed by atoms with Crippen LogP contribution >= 0.6 is 11.8 Å². The molecular weight excluding hydrogens is 322 g/mol. The zero-order chi connectivity index (χ0) is 16.5. The van der Waals surface area contributed by atoms with Gasteiger partial charge < -0.3 is 9.88 Å². The van der Waals surface area contributed by atoms with Crippen molar-refractivity contribution in [2.45, 2.75) is 24.9 Å². The van der Waals surface area contributed by atoms with Crippen LogP contribution in [0.4, 0.5) is 0 Å². The largest absolute Gasteiger partial charge is 0.342 e. The monoisotopic (exact) mass is 341 g/mol. The van der Waals surface area contributed by atoms with Crippen LogP contribution < -0.4 is 0 Å². The SMILES string of the molecule is CC1CCCN(C(=O)CSc2nnc3c(n2)[nH]c2ccccc23)C1. The predicted molar refractivity (Wildman–Crippen MR) is 94.9 cm³/mol. The van der Waals surface area contributed by atoms with Crippen LogP contribution in [0.15, 0.2) is 29.4 Å². The fourth-order valence-electron chi connectivity index (χ4n) is 3.20. The van der Waals surface area contributed by atoms with Crippen LogP contribution in [0.1, 0.15) is 19.8 Å². The number of carbonyl (C=O) groups excluding carboxylic acids is 1. The molecule has 1 amide bonds. The van der Waals surface area contributed by atoms with E-state index >= 15 is 0 Å². The number of carbonyl (C=O) groups is 1. The fraction of sp³-hybridized carbons (Fsp3) is 0.412. The van der Waals surface area contributed by atoms with Crippen molar-refractivity contribution in [3.8, 4) is 0 Å². The van der Waals surface area contributed by atoms with Crippen molar-refractivity contribution in [3.63, 3.8) is 0 Å². The van der Waals surface area contributed by atoms with Gasteiger partial charge in [-0.05, 0) is 24.8 Å². The van der Waals surface area contributed by atoms with E-state index in [0.29, 0.717) is 22.5 Å². The Morgan fingerprint density at radius 1 is 1.38 bits per heavy atom. The molecule has 1 atom stereocenters. The van der Waals surface area contributed by atoms with E-state index in [2.05, 4.69) is 27.1 Å². The van der Waals surface area contributed by atoms with Gasteiger partial charge in [-0.3, -0.25) is 4.79 Å². The highest BCUT2D eigenvalue weighted by Gasteiger charge is 2.21. The van der Waals surface area contributed by atoms with Gasteiger partial charge in [-0.25, -0.2) is 4.98 Å². The molecule has 1 fully saturated rings. The summed E-state index contributed by atoms with van der Waals surface area (Å²) < 4.78 is 0. The Balaban J connectivity index is 1.48. The molecule has 0 saturated carbocycles. The molecule has 3 heterocycles. The minimum atomic E-state index is 0.159. The molecule has 1 N–H and O–H groups in total. The Labute approximate surface area is 144 Å². The number of rotatable bonds is 3. The molecule has 1 aromatic carbocycles. The average Bonchev–Trinajstić information content (AvgIpc) is 2.97. The maximum absolute atomic E-state index is 12.3. The number of thioether (sulfide) groups is 1. The number of aromatic nitrogens is 4. The van der Waals surface area contributed by atoms with Gasteiger partial charge in [0, 0.05) is 24.0 Å². The third-order valence-corrected chi connectivity index (χ3v) is 5.26. The minimum absolute atomic E-state index is 0.159. The van der Waals surface area contributed by atoms with Crippen LogP contribution in [-0.4, -0.2) is 49.8 Å². The fourth-order valence-corrected chi connectivity index (χ4v) is 3.89. The second-order valence-electron chi connectivity index (χ2n) is 6.34. The molecule has 4 rings (SSSR count). The van der Waals surface area contributed by atoms with E-state index in [1.807, 2.05) is 29.2 Å². The van der Waals surface area contributed by atoms with Crippen molar-refractivity contribution in [2.24, 2.45) is 5.92 Å². The molecular formula is C17H19N5OS. The summed E-state index contributed by atoms with van der Waals surface area (Å²) in [5.41, 5.74) is 2.48. The van der Waals surface area contributed by atoms with Gasteiger partial charge in [-0.15, -0.1) is 10.2 Å². The summed E-state index contributed by atoms with van der Waals surface area (Å²) in [6.45, 7) is 3.92. The Morgan fingerprint density at radius 2 is 2.25 bits per heavy atom. The zero-order valence-electron chi connectivity index (χ0n) is 13.5. The lowest BCUT2D eigenvalue weighted by molar-refractivity contribution is -0.130. The maximum atomic E-state index is 12.3. The van der Waals surface area contributed by atoms with Crippen molar-refractivity contribution in [2.75, 3.05) is 18.8 Å². The molecule has 0 radical (unpaired) electrons. The van der Waals surface area contributed by atoms with E-state index in [1.54, 1.807) is 0 Å². The molecule has 1 unspecified atom stereocenters.